The van der Waals surface area contributed by atoms with E-state index in [0.29, 0.717) is 11.0 Å². The van der Waals surface area contributed by atoms with Gasteiger partial charge in [0, 0.05) is 31.7 Å². The van der Waals surface area contributed by atoms with E-state index in [-0.39, 0.29) is 0 Å². The van der Waals surface area contributed by atoms with E-state index in [1.807, 2.05) is 0 Å². The molecule has 1 aliphatic carbocycles. The molecule has 1 aliphatic heterocycles. The zero-order chi connectivity index (χ0) is 12.0. The van der Waals surface area contributed by atoms with Crippen LogP contribution in [0.2, 0.25) is 0 Å². The minimum atomic E-state index is 0.449. The predicted molar refractivity (Wildman–Crippen MR) is 69.7 cm³/mol. The first-order chi connectivity index (χ1) is 7.36. The summed E-state index contributed by atoms with van der Waals surface area (Å²) in [7, 11) is 2.24. The minimum Gasteiger partial charge on any atom is -0.304 e. The van der Waals surface area contributed by atoms with Gasteiger partial charge in [0.1, 0.15) is 0 Å². The Balaban J connectivity index is 2.09. The van der Waals surface area contributed by atoms with E-state index in [9.17, 15) is 0 Å². The van der Waals surface area contributed by atoms with Crippen molar-refractivity contribution in [3.05, 3.63) is 0 Å². The fraction of sp³-hybridized carbons (Fsp3) is 1.00. The minimum absolute atomic E-state index is 0.449. The van der Waals surface area contributed by atoms with Crippen LogP contribution in [-0.2, 0) is 0 Å². The molecule has 1 saturated heterocycles. The third-order valence-corrected chi connectivity index (χ3v) is 5.61. The molecule has 0 spiro atoms. The molecular formula is C14H28N2. The van der Waals surface area contributed by atoms with E-state index < -0.39 is 0 Å². The summed E-state index contributed by atoms with van der Waals surface area (Å²) in [6.45, 7) is 14.8. The highest BCUT2D eigenvalue weighted by Gasteiger charge is 2.50. The number of piperazine rings is 1. The second-order valence-corrected chi connectivity index (χ2v) is 6.86. The first-order valence-electron chi connectivity index (χ1n) is 6.80. The molecule has 1 heterocycles. The zero-order valence-electron chi connectivity index (χ0n) is 11.7. The third-order valence-electron chi connectivity index (χ3n) is 5.61. The second kappa shape index (κ2) is 3.99. The molecule has 0 bridgehead atoms. The SMILES string of the molecule is CC1C(C)(C)CCC1(C)N1CCN(C)CC1. The van der Waals surface area contributed by atoms with Gasteiger partial charge >= 0.3 is 0 Å². The second-order valence-electron chi connectivity index (χ2n) is 6.86. The van der Waals surface area contributed by atoms with Gasteiger partial charge in [-0.25, -0.2) is 0 Å². The molecule has 2 unspecified atom stereocenters. The van der Waals surface area contributed by atoms with Crippen molar-refractivity contribution in [1.29, 1.82) is 0 Å². The van der Waals surface area contributed by atoms with Crippen LogP contribution in [0, 0.1) is 11.3 Å². The van der Waals surface area contributed by atoms with Gasteiger partial charge < -0.3 is 4.90 Å². The molecule has 0 aromatic carbocycles. The molecule has 0 amide bonds. The van der Waals surface area contributed by atoms with Gasteiger partial charge in [-0.2, -0.15) is 0 Å². The van der Waals surface area contributed by atoms with Gasteiger partial charge in [-0.15, -0.1) is 0 Å². The summed E-state index contributed by atoms with van der Waals surface area (Å²) < 4.78 is 0. The average Bonchev–Trinajstić information content (AvgIpc) is 2.45. The Morgan fingerprint density at radius 3 is 1.94 bits per heavy atom. The summed E-state index contributed by atoms with van der Waals surface area (Å²) >= 11 is 0. The van der Waals surface area contributed by atoms with Gasteiger partial charge in [-0.3, -0.25) is 4.90 Å². The third kappa shape index (κ3) is 1.91. The van der Waals surface area contributed by atoms with Crippen LogP contribution in [0.5, 0.6) is 0 Å². The van der Waals surface area contributed by atoms with Crippen LogP contribution < -0.4 is 0 Å². The summed E-state index contributed by atoms with van der Waals surface area (Å²) in [6, 6.07) is 0. The highest BCUT2D eigenvalue weighted by Crippen LogP contribution is 2.51. The fourth-order valence-corrected chi connectivity index (χ4v) is 3.60. The maximum absolute atomic E-state index is 2.76. The van der Waals surface area contributed by atoms with E-state index in [0.717, 1.165) is 5.92 Å². The summed E-state index contributed by atoms with van der Waals surface area (Å²) in [5.41, 5.74) is 0.975. The molecule has 2 rings (SSSR count). The zero-order valence-corrected chi connectivity index (χ0v) is 11.7. The Hall–Kier alpha value is -0.0800. The summed E-state index contributed by atoms with van der Waals surface area (Å²) in [4.78, 5) is 5.21. The molecule has 0 aromatic rings. The lowest BCUT2D eigenvalue weighted by atomic mass is 9.76. The highest BCUT2D eigenvalue weighted by molar-refractivity contribution is 5.04. The van der Waals surface area contributed by atoms with Gasteiger partial charge in [0.05, 0.1) is 0 Å². The average molecular weight is 224 g/mol. The molecule has 16 heavy (non-hydrogen) atoms. The Bertz CT molecular complexity index is 253. The molecule has 1 saturated carbocycles. The Kier molecular flexibility index (Phi) is 3.09. The summed E-state index contributed by atoms with van der Waals surface area (Å²) in [6.07, 6.45) is 2.77. The van der Waals surface area contributed by atoms with Crippen LogP contribution in [-0.4, -0.2) is 48.6 Å². The maximum atomic E-state index is 2.76. The van der Waals surface area contributed by atoms with Crippen molar-refractivity contribution in [3.63, 3.8) is 0 Å². The largest absolute Gasteiger partial charge is 0.304 e. The van der Waals surface area contributed by atoms with Crippen LogP contribution in [0.15, 0.2) is 0 Å². The standard InChI is InChI=1S/C14H28N2/c1-12-13(2,3)6-7-14(12,4)16-10-8-15(5)9-11-16/h12H,6-11H2,1-5H3. The Morgan fingerprint density at radius 1 is 0.938 bits per heavy atom. The van der Waals surface area contributed by atoms with Gasteiger partial charge in [-0.1, -0.05) is 20.8 Å². The van der Waals surface area contributed by atoms with Gasteiger partial charge in [0.2, 0.25) is 0 Å². The predicted octanol–water partition coefficient (Wildman–Crippen LogP) is 2.45. The van der Waals surface area contributed by atoms with Gasteiger partial charge in [0.15, 0.2) is 0 Å². The molecule has 2 aliphatic rings. The first kappa shape index (κ1) is 12.4. The lowest BCUT2D eigenvalue weighted by Gasteiger charge is -2.47. The molecule has 0 N–H and O–H groups in total. The van der Waals surface area contributed by atoms with Crippen molar-refractivity contribution in [2.75, 3.05) is 33.2 Å². The molecule has 2 nitrogen and oxygen atoms in total. The van der Waals surface area contributed by atoms with Crippen molar-refractivity contribution < 1.29 is 0 Å². The van der Waals surface area contributed by atoms with Crippen molar-refractivity contribution in [3.8, 4) is 0 Å². The van der Waals surface area contributed by atoms with Crippen LogP contribution in [0.4, 0.5) is 0 Å². The van der Waals surface area contributed by atoms with Crippen molar-refractivity contribution in [2.24, 2.45) is 11.3 Å². The van der Waals surface area contributed by atoms with E-state index in [1.165, 1.54) is 39.0 Å². The smallest absolute Gasteiger partial charge is 0.0213 e. The van der Waals surface area contributed by atoms with E-state index in [1.54, 1.807) is 0 Å². The topological polar surface area (TPSA) is 6.48 Å². The fourth-order valence-electron chi connectivity index (χ4n) is 3.60. The number of likely N-dealkylation sites (N-methyl/N-ethyl adjacent to an activating group) is 1. The molecule has 2 fully saturated rings. The maximum Gasteiger partial charge on any atom is 0.0213 e. The van der Waals surface area contributed by atoms with Crippen LogP contribution >= 0.6 is 0 Å². The number of nitrogens with zero attached hydrogens (tertiary/aromatic N) is 2. The quantitative estimate of drug-likeness (QED) is 0.675. The molecule has 0 aromatic heterocycles. The van der Waals surface area contributed by atoms with Gasteiger partial charge in [-0.05, 0) is 38.1 Å². The molecular weight excluding hydrogens is 196 g/mol. The van der Waals surface area contributed by atoms with E-state index >= 15 is 0 Å². The molecule has 2 heteroatoms. The van der Waals surface area contributed by atoms with E-state index in [2.05, 4.69) is 44.5 Å². The number of hydrogen-bond donors (Lipinski definition) is 0. The molecule has 0 radical (unpaired) electrons. The van der Waals surface area contributed by atoms with Crippen molar-refractivity contribution >= 4 is 0 Å². The van der Waals surface area contributed by atoms with Gasteiger partial charge in [0.25, 0.3) is 0 Å². The summed E-state index contributed by atoms with van der Waals surface area (Å²) in [5, 5.41) is 0. The van der Waals surface area contributed by atoms with Crippen LogP contribution in [0.1, 0.15) is 40.5 Å². The van der Waals surface area contributed by atoms with Crippen molar-refractivity contribution in [2.45, 2.75) is 46.1 Å². The monoisotopic (exact) mass is 224 g/mol. The van der Waals surface area contributed by atoms with Crippen molar-refractivity contribution in [1.82, 2.24) is 9.80 Å². The van der Waals surface area contributed by atoms with Crippen LogP contribution in [0.3, 0.4) is 0 Å². The lowest BCUT2D eigenvalue weighted by Crippen LogP contribution is -2.57. The number of rotatable bonds is 1. The van der Waals surface area contributed by atoms with Crippen LogP contribution in [0.25, 0.3) is 0 Å². The lowest BCUT2D eigenvalue weighted by molar-refractivity contribution is 0.0137. The number of hydrogen-bond acceptors (Lipinski definition) is 2. The first-order valence-corrected chi connectivity index (χ1v) is 6.80. The summed E-state index contributed by atoms with van der Waals surface area (Å²) in [5.74, 6) is 0.809. The Labute approximate surface area is 101 Å². The Morgan fingerprint density at radius 2 is 1.50 bits per heavy atom. The van der Waals surface area contributed by atoms with E-state index in [4.69, 9.17) is 0 Å². The molecule has 2 atom stereocenters. The highest BCUT2D eigenvalue weighted by atomic mass is 15.3. The molecule has 94 valence electrons. The normalized spacial score (nSPS) is 41.4.